The van der Waals surface area contributed by atoms with Crippen molar-refractivity contribution in [3.05, 3.63) is 0 Å². The number of nitrogens with zero attached hydrogens (tertiary/aromatic N) is 2. The Hall–Kier alpha value is -0.750. The first-order valence-electron chi connectivity index (χ1n) is 8.35. The number of rotatable bonds is 1. The zero-order valence-electron chi connectivity index (χ0n) is 15.2. The molecule has 1 heterocycles. The van der Waals surface area contributed by atoms with E-state index in [0.717, 1.165) is 31.4 Å². The number of amides is 1. The predicted molar refractivity (Wildman–Crippen MR) is 94.2 cm³/mol. The third-order valence-corrected chi connectivity index (χ3v) is 6.48. The maximum absolute atomic E-state index is 12.3. The van der Waals surface area contributed by atoms with Crippen molar-refractivity contribution in [2.75, 3.05) is 6.54 Å². The van der Waals surface area contributed by atoms with Crippen LogP contribution in [0.3, 0.4) is 0 Å². The molecular weight excluding hydrogens is 312 g/mol. The Labute approximate surface area is 142 Å². The molecule has 2 aliphatic rings. The second-order valence-corrected chi connectivity index (χ2v) is 11.0. The number of carboxylic acid groups (broad SMARTS) is 1. The summed E-state index contributed by atoms with van der Waals surface area (Å²) in [6.45, 7) is 12.7. The van der Waals surface area contributed by atoms with Crippen molar-refractivity contribution < 1.29 is 14.5 Å². The zero-order chi connectivity index (χ0) is 17.6. The van der Waals surface area contributed by atoms with Crippen LogP contribution in [0.15, 0.2) is 4.40 Å². The summed E-state index contributed by atoms with van der Waals surface area (Å²) in [5.41, 5.74) is 0.838. The van der Waals surface area contributed by atoms with Gasteiger partial charge < -0.3 is 14.6 Å². The van der Waals surface area contributed by atoms with Gasteiger partial charge in [0.2, 0.25) is 0 Å². The Bertz CT molecular complexity index is 507. The van der Waals surface area contributed by atoms with Gasteiger partial charge in [-0.2, -0.15) is 0 Å². The van der Waals surface area contributed by atoms with Gasteiger partial charge in [0.05, 0.1) is 5.71 Å². The molecule has 6 heteroatoms. The molecular formula is C17H30N2O3S. The van der Waals surface area contributed by atoms with E-state index in [1.54, 1.807) is 4.90 Å². The fraction of sp³-hybridized carbons (Fsp3) is 0.882. The molecule has 2 fully saturated rings. The van der Waals surface area contributed by atoms with E-state index in [1.165, 1.54) is 0 Å². The minimum absolute atomic E-state index is 0.0109. The molecule has 0 aromatic heterocycles. The van der Waals surface area contributed by atoms with Crippen LogP contribution in [0.5, 0.6) is 0 Å². The molecule has 3 unspecified atom stereocenters. The minimum atomic E-state index is -1.24. The minimum Gasteiger partial charge on any atom is -0.591 e. The van der Waals surface area contributed by atoms with Crippen molar-refractivity contribution in [2.24, 2.45) is 15.2 Å². The Balaban J connectivity index is 2.26. The fourth-order valence-electron chi connectivity index (χ4n) is 4.29. The summed E-state index contributed by atoms with van der Waals surface area (Å²) in [5.74, 6) is 0. The largest absolute Gasteiger partial charge is 0.591 e. The highest BCUT2D eigenvalue weighted by molar-refractivity contribution is 7.91. The summed E-state index contributed by atoms with van der Waals surface area (Å²) >= 11 is -1.24. The van der Waals surface area contributed by atoms with E-state index in [4.69, 9.17) is 0 Å². The fourth-order valence-corrected chi connectivity index (χ4v) is 4.95. The third-order valence-electron chi connectivity index (χ3n) is 5.01. The first-order valence-corrected chi connectivity index (χ1v) is 9.45. The van der Waals surface area contributed by atoms with Crippen molar-refractivity contribution in [3.63, 3.8) is 0 Å². The summed E-state index contributed by atoms with van der Waals surface area (Å²) in [7, 11) is 0. The molecule has 5 nitrogen and oxygen atoms in total. The lowest BCUT2D eigenvalue weighted by Crippen LogP contribution is -2.49. The summed E-state index contributed by atoms with van der Waals surface area (Å²) in [6.07, 6.45) is 2.61. The second-order valence-electron chi connectivity index (χ2n) is 9.05. The van der Waals surface area contributed by atoms with Gasteiger partial charge in [-0.15, -0.1) is 0 Å². The van der Waals surface area contributed by atoms with Crippen LogP contribution < -0.4 is 0 Å². The Morgan fingerprint density at radius 2 is 1.91 bits per heavy atom. The van der Waals surface area contributed by atoms with E-state index in [0.29, 0.717) is 6.54 Å². The first kappa shape index (κ1) is 18.6. The molecule has 3 atom stereocenters. The number of hydrogen-bond acceptors (Lipinski definition) is 3. The lowest BCUT2D eigenvalue weighted by atomic mass is 9.68. The average molecular weight is 343 g/mol. The molecule has 1 amide bonds. The topological polar surface area (TPSA) is 76.0 Å². The number of carbonyl (C=O) groups is 1. The molecule has 1 saturated heterocycles. The van der Waals surface area contributed by atoms with Crippen LogP contribution in [0.25, 0.3) is 0 Å². The Kier molecular flexibility index (Phi) is 4.81. The molecule has 0 aromatic rings. The van der Waals surface area contributed by atoms with E-state index in [1.807, 2.05) is 20.8 Å². The Morgan fingerprint density at radius 3 is 2.39 bits per heavy atom. The van der Waals surface area contributed by atoms with E-state index in [-0.39, 0.29) is 21.6 Å². The maximum Gasteiger partial charge on any atom is 0.407 e. The highest BCUT2D eigenvalue weighted by Crippen LogP contribution is 2.54. The summed E-state index contributed by atoms with van der Waals surface area (Å²) < 4.78 is 16.4. The van der Waals surface area contributed by atoms with Gasteiger partial charge in [-0.3, -0.25) is 0 Å². The van der Waals surface area contributed by atoms with Crippen molar-refractivity contribution in [1.82, 2.24) is 4.90 Å². The van der Waals surface area contributed by atoms with Crippen LogP contribution in [0.4, 0.5) is 4.79 Å². The zero-order valence-corrected chi connectivity index (χ0v) is 16.0. The first-order chi connectivity index (χ1) is 10.4. The van der Waals surface area contributed by atoms with Crippen LogP contribution in [-0.4, -0.2) is 43.7 Å². The molecule has 0 bridgehead atoms. The normalized spacial score (nSPS) is 32.0. The van der Waals surface area contributed by atoms with E-state index >= 15 is 0 Å². The quantitative estimate of drug-likeness (QED) is 0.735. The summed E-state index contributed by atoms with van der Waals surface area (Å²) in [6, 6.07) is -0.0109. The van der Waals surface area contributed by atoms with Crippen LogP contribution in [0.2, 0.25) is 0 Å². The molecule has 0 radical (unpaired) electrons. The van der Waals surface area contributed by atoms with Gasteiger partial charge in [0.1, 0.15) is 16.1 Å². The van der Waals surface area contributed by atoms with Crippen LogP contribution in [-0.2, 0) is 11.4 Å². The summed E-state index contributed by atoms with van der Waals surface area (Å²) in [4.78, 5) is 13.3. The SMILES string of the molecule is CC(C)(C)C1N(C(=O)O)CCC12CCC(=N[S+]([O-])C(C)(C)C)C2. The highest BCUT2D eigenvalue weighted by Gasteiger charge is 2.56. The van der Waals surface area contributed by atoms with E-state index in [9.17, 15) is 14.5 Å². The maximum atomic E-state index is 12.3. The van der Waals surface area contributed by atoms with Crippen molar-refractivity contribution in [2.45, 2.75) is 78.0 Å². The number of hydrogen-bond donors (Lipinski definition) is 1. The lowest BCUT2D eigenvalue weighted by molar-refractivity contribution is 0.0572. The Morgan fingerprint density at radius 1 is 1.30 bits per heavy atom. The molecule has 2 rings (SSSR count). The second kappa shape index (κ2) is 5.96. The van der Waals surface area contributed by atoms with Gasteiger partial charge in [-0.05, 0) is 57.3 Å². The van der Waals surface area contributed by atoms with Crippen LogP contribution in [0, 0.1) is 10.8 Å². The van der Waals surface area contributed by atoms with Gasteiger partial charge in [0.15, 0.2) is 0 Å². The molecule has 23 heavy (non-hydrogen) atoms. The standard InChI is InChI=1S/C17H30N2O3S/c1-15(2,3)13-17(9-10-19(13)14(20)21)8-7-12(11-17)18-23(22)16(4,5)6/h13H,7-11H2,1-6H3,(H,20,21). The van der Waals surface area contributed by atoms with Crippen molar-refractivity contribution in [3.8, 4) is 0 Å². The van der Waals surface area contributed by atoms with E-state index in [2.05, 4.69) is 25.2 Å². The van der Waals surface area contributed by atoms with Gasteiger partial charge in [0, 0.05) is 12.6 Å². The molecule has 132 valence electrons. The van der Waals surface area contributed by atoms with Gasteiger partial charge in [-0.1, -0.05) is 25.2 Å². The van der Waals surface area contributed by atoms with Gasteiger partial charge in [-0.25, -0.2) is 4.79 Å². The summed E-state index contributed by atoms with van der Waals surface area (Å²) in [5, 5.41) is 9.56. The molecule has 1 aliphatic heterocycles. The molecule has 1 N–H and O–H groups in total. The van der Waals surface area contributed by atoms with Crippen molar-refractivity contribution in [1.29, 1.82) is 0 Å². The van der Waals surface area contributed by atoms with Crippen molar-refractivity contribution >= 4 is 23.2 Å². The monoisotopic (exact) mass is 342 g/mol. The van der Waals surface area contributed by atoms with Crippen LogP contribution >= 0.6 is 0 Å². The predicted octanol–water partition coefficient (Wildman–Crippen LogP) is 3.86. The number of likely N-dealkylation sites (tertiary alicyclic amines) is 1. The van der Waals surface area contributed by atoms with Crippen LogP contribution in [0.1, 0.15) is 67.2 Å². The van der Waals surface area contributed by atoms with E-state index < -0.39 is 17.5 Å². The third kappa shape index (κ3) is 3.68. The average Bonchev–Trinajstić information content (AvgIpc) is 2.93. The molecule has 1 saturated carbocycles. The lowest BCUT2D eigenvalue weighted by Gasteiger charge is -2.42. The van der Waals surface area contributed by atoms with Gasteiger partial charge in [0.25, 0.3) is 0 Å². The molecule has 0 aromatic carbocycles. The van der Waals surface area contributed by atoms with Gasteiger partial charge >= 0.3 is 6.09 Å². The molecule has 1 spiro atoms. The smallest absolute Gasteiger partial charge is 0.407 e. The molecule has 1 aliphatic carbocycles. The highest BCUT2D eigenvalue weighted by atomic mass is 32.2.